The fraction of sp³-hybridized carbons (Fsp3) is 0.0455. The molecule has 3 aromatic carbocycles. The molecule has 4 aromatic rings. The number of nitrogens with one attached hydrogen (secondary N) is 1. The molecule has 8 nitrogen and oxygen atoms in total. The van der Waals surface area contributed by atoms with Crippen LogP contribution in [0.1, 0.15) is 10.4 Å². The van der Waals surface area contributed by atoms with Crippen LogP contribution in [0.25, 0.3) is 11.5 Å². The van der Waals surface area contributed by atoms with Gasteiger partial charge in [-0.05, 0) is 54.6 Å². The van der Waals surface area contributed by atoms with E-state index in [4.69, 9.17) is 16.0 Å². The molecule has 168 valence electrons. The molecule has 0 aliphatic carbocycles. The first-order valence-electron chi connectivity index (χ1n) is 9.50. The van der Waals surface area contributed by atoms with Gasteiger partial charge in [-0.3, -0.25) is 14.4 Å². The minimum Gasteiger partial charge on any atom is -0.403 e. The van der Waals surface area contributed by atoms with Crippen molar-refractivity contribution >= 4 is 39.2 Å². The van der Waals surface area contributed by atoms with Crippen LogP contribution >= 0.6 is 11.6 Å². The van der Waals surface area contributed by atoms with Crippen LogP contribution in [0.2, 0.25) is 5.02 Å². The smallest absolute Gasteiger partial charge is 0.322 e. The zero-order valence-corrected chi connectivity index (χ0v) is 18.6. The minimum absolute atomic E-state index is 0.0266. The average Bonchev–Trinajstić information content (AvgIpc) is 3.28. The summed E-state index contributed by atoms with van der Waals surface area (Å²) in [5.41, 5.74) is 0.807. The van der Waals surface area contributed by atoms with Crippen LogP contribution in [0.3, 0.4) is 0 Å². The molecular formula is C22H16ClFN4O4S. The molecule has 0 spiro atoms. The Balaban J connectivity index is 1.58. The maximum absolute atomic E-state index is 13.2. The Kier molecular flexibility index (Phi) is 6.12. The number of aromatic nitrogens is 2. The predicted molar refractivity (Wildman–Crippen MR) is 121 cm³/mol. The van der Waals surface area contributed by atoms with Gasteiger partial charge in [-0.15, -0.1) is 5.10 Å². The Bertz CT molecular complexity index is 1410. The lowest BCUT2D eigenvalue weighted by molar-refractivity contribution is 0.102. The van der Waals surface area contributed by atoms with Crippen molar-refractivity contribution in [3.63, 3.8) is 0 Å². The number of hydrogen-bond acceptors (Lipinski definition) is 6. The standard InChI is InChI=1S/C22H16ClFN4O4S/c1-28(16-9-7-15(24)8-10-16)33(30,31)17-11-12-19(23)18(13-17)20(29)25-22-27-26-21(32-22)14-5-3-2-4-6-14/h2-13H,1H3,(H,25,27,29). The SMILES string of the molecule is CN(c1ccc(F)cc1)S(=O)(=O)c1ccc(Cl)c(C(=O)Nc2nnc(-c3ccccc3)o2)c1. The van der Waals surface area contributed by atoms with Crippen molar-refractivity contribution in [1.82, 2.24) is 10.2 Å². The van der Waals surface area contributed by atoms with E-state index in [1.807, 2.05) is 6.07 Å². The van der Waals surface area contributed by atoms with Crippen LogP contribution in [0.4, 0.5) is 16.1 Å². The maximum Gasteiger partial charge on any atom is 0.322 e. The van der Waals surface area contributed by atoms with Crippen molar-refractivity contribution in [2.24, 2.45) is 0 Å². The Morgan fingerprint density at radius 1 is 1.03 bits per heavy atom. The van der Waals surface area contributed by atoms with Crippen molar-refractivity contribution in [2.75, 3.05) is 16.7 Å². The highest BCUT2D eigenvalue weighted by atomic mass is 35.5. The van der Waals surface area contributed by atoms with Gasteiger partial charge >= 0.3 is 6.01 Å². The van der Waals surface area contributed by atoms with E-state index in [2.05, 4.69) is 15.5 Å². The number of carbonyl (C=O) groups is 1. The monoisotopic (exact) mass is 486 g/mol. The lowest BCUT2D eigenvalue weighted by atomic mass is 10.2. The average molecular weight is 487 g/mol. The summed E-state index contributed by atoms with van der Waals surface area (Å²) >= 11 is 6.14. The fourth-order valence-electron chi connectivity index (χ4n) is 2.92. The second kappa shape index (κ2) is 9.00. The minimum atomic E-state index is -4.06. The Labute approximate surface area is 193 Å². The summed E-state index contributed by atoms with van der Waals surface area (Å²) in [6.45, 7) is 0. The molecule has 33 heavy (non-hydrogen) atoms. The molecule has 0 saturated heterocycles. The van der Waals surface area contributed by atoms with Gasteiger partial charge in [-0.2, -0.15) is 0 Å². The lowest BCUT2D eigenvalue weighted by Gasteiger charge is -2.20. The van der Waals surface area contributed by atoms with E-state index in [0.717, 1.165) is 22.5 Å². The van der Waals surface area contributed by atoms with Gasteiger partial charge in [-0.1, -0.05) is 34.9 Å². The third-order valence-electron chi connectivity index (χ3n) is 4.70. The number of sulfonamides is 1. The molecule has 0 aliphatic heterocycles. The van der Waals surface area contributed by atoms with Gasteiger partial charge in [0.2, 0.25) is 5.89 Å². The molecule has 1 aromatic heterocycles. The van der Waals surface area contributed by atoms with Crippen molar-refractivity contribution in [1.29, 1.82) is 0 Å². The second-order valence-electron chi connectivity index (χ2n) is 6.82. The number of amides is 1. The Morgan fingerprint density at radius 3 is 2.42 bits per heavy atom. The maximum atomic E-state index is 13.2. The summed E-state index contributed by atoms with van der Waals surface area (Å²) in [5, 5.41) is 10.1. The van der Waals surface area contributed by atoms with Crippen LogP contribution in [0, 0.1) is 5.82 Å². The molecule has 1 amide bonds. The van der Waals surface area contributed by atoms with Crippen LogP contribution in [-0.4, -0.2) is 31.6 Å². The molecule has 0 atom stereocenters. The molecule has 0 saturated carbocycles. The van der Waals surface area contributed by atoms with Crippen LogP contribution in [0.15, 0.2) is 82.1 Å². The molecule has 0 bridgehead atoms. The predicted octanol–water partition coefficient (Wildman–Crippen LogP) is 4.61. The molecule has 1 N–H and O–H groups in total. The zero-order chi connectivity index (χ0) is 23.6. The second-order valence-corrected chi connectivity index (χ2v) is 9.20. The molecular weight excluding hydrogens is 471 g/mol. The van der Waals surface area contributed by atoms with Gasteiger partial charge in [-0.25, -0.2) is 12.8 Å². The first-order valence-corrected chi connectivity index (χ1v) is 11.3. The van der Waals surface area contributed by atoms with E-state index < -0.39 is 21.7 Å². The molecule has 0 unspecified atom stereocenters. The first kappa shape index (κ1) is 22.4. The summed E-state index contributed by atoms with van der Waals surface area (Å²) in [4.78, 5) is 12.6. The third-order valence-corrected chi connectivity index (χ3v) is 6.81. The highest BCUT2D eigenvalue weighted by Crippen LogP contribution is 2.27. The van der Waals surface area contributed by atoms with E-state index >= 15 is 0 Å². The number of carbonyl (C=O) groups excluding carboxylic acids is 1. The molecule has 0 aliphatic rings. The fourth-order valence-corrected chi connectivity index (χ4v) is 4.35. The molecule has 1 heterocycles. The summed E-state index contributed by atoms with van der Waals surface area (Å²) < 4.78 is 45.7. The number of anilines is 2. The van der Waals surface area contributed by atoms with Crippen LogP contribution < -0.4 is 9.62 Å². The highest BCUT2D eigenvalue weighted by Gasteiger charge is 2.24. The van der Waals surface area contributed by atoms with Gasteiger partial charge in [0.1, 0.15) is 5.82 Å². The van der Waals surface area contributed by atoms with Gasteiger partial charge in [0.25, 0.3) is 15.9 Å². The normalized spacial score (nSPS) is 11.2. The number of halogens is 2. The van der Waals surface area contributed by atoms with Crippen molar-refractivity contribution in [3.8, 4) is 11.5 Å². The summed E-state index contributed by atoms with van der Waals surface area (Å²) in [6, 6.07) is 17.5. The van der Waals surface area contributed by atoms with E-state index in [0.29, 0.717) is 5.56 Å². The molecule has 11 heteroatoms. The summed E-state index contributed by atoms with van der Waals surface area (Å²) in [5.74, 6) is -1.02. The Morgan fingerprint density at radius 2 is 1.73 bits per heavy atom. The topological polar surface area (TPSA) is 105 Å². The van der Waals surface area contributed by atoms with E-state index in [9.17, 15) is 17.6 Å². The van der Waals surface area contributed by atoms with Crippen molar-refractivity contribution in [2.45, 2.75) is 4.90 Å². The van der Waals surface area contributed by atoms with Gasteiger partial charge in [0, 0.05) is 12.6 Å². The number of nitrogens with zero attached hydrogens (tertiary/aromatic N) is 3. The number of hydrogen-bond donors (Lipinski definition) is 1. The van der Waals surface area contributed by atoms with E-state index in [1.165, 1.54) is 31.3 Å². The first-order chi connectivity index (χ1) is 15.8. The van der Waals surface area contributed by atoms with Crippen molar-refractivity contribution in [3.05, 3.63) is 89.2 Å². The molecule has 4 rings (SSSR count). The van der Waals surface area contributed by atoms with E-state index in [1.54, 1.807) is 24.3 Å². The Hall–Kier alpha value is -3.76. The zero-order valence-electron chi connectivity index (χ0n) is 17.1. The quantitative estimate of drug-likeness (QED) is 0.427. The van der Waals surface area contributed by atoms with Crippen LogP contribution in [-0.2, 0) is 10.0 Å². The van der Waals surface area contributed by atoms with Gasteiger partial charge < -0.3 is 4.42 Å². The number of benzene rings is 3. The summed E-state index contributed by atoms with van der Waals surface area (Å²) in [7, 11) is -2.74. The van der Waals surface area contributed by atoms with E-state index in [-0.39, 0.29) is 33.1 Å². The third kappa shape index (κ3) is 4.71. The lowest BCUT2D eigenvalue weighted by Crippen LogP contribution is -2.27. The van der Waals surface area contributed by atoms with Crippen LogP contribution in [0.5, 0.6) is 0 Å². The number of rotatable bonds is 6. The summed E-state index contributed by atoms with van der Waals surface area (Å²) in [6.07, 6.45) is 0. The molecule has 0 fully saturated rings. The van der Waals surface area contributed by atoms with Gasteiger partial charge in [0.05, 0.1) is 21.2 Å². The van der Waals surface area contributed by atoms with Gasteiger partial charge in [0.15, 0.2) is 0 Å². The largest absolute Gasteiger partial charge is 0.403 e. The van der Waals surface area contributed by atoms with Crippen molar-refractivity contribution < 1.29 is 22.0 Å². The molecule has 0 radical (unpaired) electrons. The highest BCUT2D eigenvalue weighted by molar-refractivity contribution is 7.92.